The lowest BCUT2D eigenvalue weighted by atomic mass is 10.1. The van der Waals surface area contributed by atoms with Crippen molar-refractivity contribution in [3.05, 3.63) is 72.3 Å². The fourth-order valence-electron chi connectivity index (χ4n) is 4.11. The number of carbonyl (C=O) groups is 1. The third-order valence-corrected chi connectivity index (χ3v) is 6.70. The molecule has 0 saturated carbocycles. The van der Waals surface area contributed by atoms with Crippen LogP contribution in [-0.4, -0.2) is 29.1 Å². The number of carbonyl (C=O) groups excluding carboxylic acids is 1. The molecule has 1 atom stereocenters. The molecule has 29 heavy (non-hydrogen) atoms. The predicted molar refractivity (Wildman–Crippen MR) is 122 cm³/mol. The molecule has 1 amide bonds. The van der Waals surface area contributed by atoms with Gasteiger partial charge in [0.2, 0.25) is 5.91 Å². The second-order valence-corrected chi connectivity index (χ2v) is 8.61. The zero-order chi connectivity index (χ0) is 19.6. The van der Waals surface area contributed by atoms with Gasteiger partial charge in [-0.25, -0.2) is 4.99 Å². The summed E-state index contributed by atoms with van der Waals surface area (Å²) < 4.78 is 0. The summed E-state index contributed by atoms with van der Waals surface area (Å²) in [6.07, 6.45) is 3.39. The maximum Gasteiger partial charge on any atom is 0.240 e. The summed E-state index contributed by atoms with van der Waals surface area (Å²) in [6, 6.07) is 22.5. The molecule has 5 rings (SSSR count). The monoisotopic (exact) mass is 401 g/mol. The number of hydrogen-bond donors (Lipinski definition) is 1. The van der Waals surface area contributed by atoms with E-state index in [4.69, 9.17) is 4.99 Å². The molecule has 2 aliphatic rings. The molecule has 1 N–H and O–H groups in total. The summed E-state index contributed by atoms with van der Waals surface area (Å²) in [7, 11) is 0. The van der Waals surface area contributed by atoms with Crippen LogP contribution in [0.15, 0.2) is 71.7 Å². The Hall–Kier alpha value is -2.79. The van der Waals surface area contributed by atoms with Gasteiger partial charge < -0.3 is 10.2 Å². The maximum absolute atomic E-state index is 13.4. The highest BCUT2D eigenvalue weighted by Gasteiger charge is 2.30. The summed E-state index contributed by atoms with van der Waals surface area (Å²) in [5, 5.41) is 6.24. The van der Waals surface area contributed by atoms with Crippen LogP contribution >= 0.6 is 11.8 Å². The average Bonchev–Trinajstić information content (AvgIpc) is 2.78. The van der Waals surface area contributed by atoms with Gasteiger partial charge in [0.25, 0.3) is 0 Å². The minimum absolute atomic E-state index is 0.183. The van der Waals surface area contributed by atoms with E-state index in [1.165, 1.54) is 23.6 Å². The van der Waals surface area contributed by atoms with Gasteiger partial charge in [0.1, 0.15) is 5.25 Å². The van der Waals surface area contributed by atoms with Crippen LogP contribution in [0, 0.1) is 0 Å². The second-order valence-electron chi connectivity index (χ2n) is 7.52. The van der Waals surface area contributed by atoms with Gasteiger partial charge in [-0.3, -0.25) is 4.79 Å². The molecule has 4 nitrogen and oxygen atoms in total. The minimum atomic E-state index is -0.301. The first kappa shape index (κ1) is 18.3. The van der Waals surface area contributed by atoms with E-state index in [0.717, 1.165) is 53.4 Å². The Morgan fingerprint density at radius 1 is 0.931 bits per heavy atom. The van der Waals surface area contributed by atoms with Crippen molar-refractivity contribution >= 4 is 45.0 Å². The smallest absolute Gasteiger partial charge is 0.240 e. The molecule has 3 aromatic rings. The molecule has 1 saturated heterocycles. The van der Waals surface area contributed by atoms with E-state index in [9.17, 15) is 4.79 Å². The molecule has 0 unspecified atom stereocenters. The topological polar surface area (TPSA) is 44.7 Å². The first-order valence-electron chi connectivity index (χ1n) is 10.2. The van der Waals surface area contributed by atoms with Crippen molar-refractivity contribution in [1.82, 2.24) is 4.90 Å². The standard InChI is InChI=1S/C24H23N3OS/c28-23(27-15-5-2-6-16-27)22(18-9-3-1-4-10-18)29-24-25-19-13-7-11-17-12-8-14-20(26-24)21(17)19/h1,3-4,7-14,22H,2,5-6,15-16H2,(H,25,26)/t22-/m0/s1. The van der Waals surface area contributed by atoms with Crippen LogP contribution in [0.4, 0.5) is 11.4 Å². The molecule has 0 bridgehead atoms. The van der Waals surface area contributed by atoms with Gasteiger partial charge in [0.15, 0.2) is 5.17 Å². The number of nitrogens with zero attached hydrogens (tertiary/aromatic N) is 2. The van der Waals surface area contributed by atoms with Crippen molar-refractivity contribution in [2.45, 2.75) is 24.5 Å². The molecule has 0 spiro atoms. The lowest BCUT2D eigenvalue weighted by molar-refractivity contribution is -0.131. The van der Waals surface area contributed by atoms with E-state index in [2.05, 4.69) is 29.6 Å². The molecule has 146 valence electrons. The summed E-state index contributed by atoms with van der Waals surface area (Å²) in [6.45, 7) is 1.70. The molecule has 0 radical (unpaired) electrons. The average molecular weight is 402 g/mol. The quantitative estimate of drug-likeness (QED) is 0.609. The Kier molecular flexibility index (Phi) is 4.98. The molecule has 3 aromatic carbocycles. The molecular weight excluding hydrogens is 378 g/mol. The van der Waals surface area contributed by atoms with Crippen molar-refractivity contribution in [2.75, 3.05) is 18.4 Å². The Balaban J connectivity index is 1.48. The third-order valence-electron chi connectivity index (χ3n) is 5.57. The third kappa shape index (κ3) is 3.62. The highest BCUT2D eigenvalue weighted by molar-refractivity contribution is 8.14. The number of anilines is 1. The van der Waals surface area contributed by atoms with E-state index in [0.29, 0.717) is 0 Å². The largest absolute Gasteiger partial charge is 0.341 e. The fraction of sp³-hybridized carbons (Fsp3) is 0.250. The number of piperidine rings is 1. The van der Waals surface area contributed by atoms with Crippen molar-refractivity contribution in [3.63, 3.8) is 0 Å². The molecule has 5 heteroatoms. The Morgan fingerprint density at radius 3 is 2.48 bits per heavy atom. The zero-order valence-electron chi connectivity index (χ0n) is 16.2. The van der Waals surface area contributed by atoms with Crippen molar-refractivity contribution in [3.8, 4) is 0 Å². The number of hydrogen-bond acceptors (Lipinski definition) is 4. The van der Waals surface area contributed by atoms with Crippen LogP contribution in [-0.2, 0) is 4.79 Å². The fourth-order valence-corrected chi connectivity index (χ4v) is 5.19. The van der Waals surface area contributed by atoms with Gasteiger partial charge in [-0.1, -0.05) is 66.4 Å². The predicted octanol–water partition coefficient (Wildman–Crippen LogP) is 5.74. The van der Waals surface area contributed by atoms with Crippen molar-refractivity contribution in [1.29, 1.82) is 0 Å². The van der Waals surface area contributed by atoms with Crippen LogP contribution in [0.2, 0.25) is 0 Å². The van der Waals surface area contributed by atoms with E-state index in [1.54, 1.807) is 0 Å². The van der Waals surface area contributed by atoms with E-state index in [1.807, 2.05) is 47.4 Å². The molecule has 1 fully saturated rings. The molecule has 0 aliphatic carbocycles. The van der Waals surface area contributed by atoms with E-state index < -0.39 is 0 Å². The van der Waals surface area contributed by atoms with Crippen LogP contribution < -0.4 is 5.32 Å². The van der Waals surface area contributed by atoms with E-state index in [-0.39, 0.29) is 11.2 Å². The number of nitrogens with one attached hydrogen (secondary N) is 1. The summed E-state index contributed by atoms with van der Waals surface area (Å²) in [5.41, 5.74) is 3.03. The number of amides is 1. The van der Waals surface area contributed by atoms with Crippen molar-refractivity contribution < 1.29 is 4.79 Å². The number of thioether (sulfide) groups is 1. The van der Waals surface area contributed by atoms with Gasteiger partial charge in [-0.15, -0.1) is 0 Å². The highest BCUT2D eigenvalue weighted by Crippen LogP contribution is 2.40. The first-order chi connectivity index (χ1) is 14.3. The SMILES string of the molecule is O=C([C@@H](SC1=Nc2cccc3cccc(c23)N1)c1ccccc1)N1CCCCC1. The molecular formula is C24H23N3OS. The maximum atomic E-state index is 13.4. The normalized spacial score (nSPS) is 16.8. The summed E-state index contributed by atoms with van der Waals surface area (Å²) in [5.74, 6) is 0.183. The van der Waals surface area contributed by atoms with Gasteiger partial charge >= 0.3 is 0 Å². The van der Waals surface area contributed by atoms with Gasteiger partial charge in [-0.05, 0) is 42.3 Å². The highest BCUT2D eigenvalue weighted by atomic mass is 32.2. The molecule has 2 heterocycles. The number of aliphatic imine (C=N–C) groups is 1. The van der Waals surface area contributed by atoms with Crippen molar-refractivity contribution in [2.24, 2.45) is 4.99 Å². The number of likely N-dealkylation sites (tertiary alicyclic amines) is 1. The Morgan fingerprint density at radius 2 is 1.69 bits per heavy atom. The number of amidine groups is 1. The zero-order valence-corrected chi connectivity index (χ0v) is 17.0. The molecule has 2 aliphatic heterocycles. The van der Waals surface area contributed by atoms with Gasteiger partial charge in [0.05, 0.1) is 11.4 Å². The summed E-state index contributed by atoms with van der Waals surface area (Å²) >= 11 is 1.52. The lowest BCUT2D eigenvalue weighted by Gasteiger charge is -2.31. The second kappa shape index (κ2) is 7.91. The van der Waals surface area contributed by atoms with Crippen LogP contribution in [0.25, 0.3) is 10.8 Å². The van der Waals surface area contributed by atoms with Crippen LogP contribution in [0.3, 0.4) is 0 Å². The van der Waals surface area contributed by atoms with Gasteiger partial charge in [-0.2, -0.15) is 0 Å². The van der Waals surface area contributed by atoms with Crippen LogP contribution in [0.5, 0.6) is 0 Å². The molecule has 0 aromatic heterocycles. The minimum Gasteiger partial charge on any atom is -0.341 e. The Labute approximate surface area is 175 Å². The Bertz CT molecular complexity index is 1070. The van der Waals surface area contributed by atoms with Crippen LogP contribution in [0.1, 0.15) is 30.1 Å². The first-order valence-corrected chi connectivity index (χ1v) is 11.1. The van der Waals surface area contributed by atoms with Gasteiger partial charge in [0, 0.05) is 18.5 Å². The summed E-state index contributed by atoms with van der Waals surface area (Å²) in [4.78, 5) is 20.3. The number of benzene rings is 3. The van der Waals surface area contributed by atoms with E-state index >= 15 is 0 Å². The lowest BCUT2D eigenvalue weighted by Crippen LogP contribution is -2.38. The number of rotatable bonds is 3.